The van der Waals surface area contributed by atoms with Crippen LogP contribution in [0.25, 0.3) is 0 Å². The molecule has 1 aromatic carbocycles. The summed E-state index contributed by atoms with van der Waals surface area (Å²) in [5.41, 5.74) is 2.09. The first-order valence-electron chi connectivity index (χ1n) is 10.3. The van der Waals surface area contributed by atoms with Gasteiger partial charge in [0.05, 0.1) is 5.69 Å². The Balaban J connectivity index is 1.63. The second kappa shape index (κ2) is 10.4. The van der Waals surface area contributed by atoms with E-state index in [0.29, 0.717) is 30.9 Å². The molecule has 0 atom stereocenters. The highest BCUT2D eigenvalue weighted by molar-refractivity contribution is 7.99. The van der Waals surface area contributed by atoms with Crippen LogP contribution in [-0.4, -0.2) is 45.9 Å². The second-order valence-corrected chi connectivity index (χ2v) is 8.82. The molecule has 7 nitrogen and oxygen atoms in total. The molecule has 2 heterocycles. The van der Waals surface area contributed by atoms with E-state index in [0.717, 1.165) is 40.0 Å². The molecular formula is C22H29N7S. The summed E-state index contributed by atoms with van der Waals surface area (Å²) < 4.78 is 0. The first kappa shape index (κ1) is 22.1. The maximum absolute atomic E-state index is 9.13. The normalized spacial score (nSPS) is 13.1. The lowest BCUT2D eigenvalue weighted by atomic mass is 10.1. The highest BCUT2D eigenvalue weighted by Gasteiger charge is 2.18. The molecule has 0 spiro atoms. The summed E-state index contributed by atoms with van der Waals surface area (Å²) >= 11 is 1.61. The van der Waals surface area contributed by atoms with Gasteiger partial charge in [-0.25, -0.2) is 9.97 Å². The number of aromatic nitrogens is 2. The summed E-state index contributed by atoms with van der Waals surface area (Å²) in [6.07, 6.45) is 6.95. The Morgan fingerprint density at radius 2 is 2.00 bits per heavy atom. The number of hydrogen-bond donors (Lipinski definition) is 2. The van der Waals surface area contributed by atoms with E-state index >= 15 is 0 Å². The number of fused-ring (bicyclic) bond motifs is 2. The highest BCUT2D eigenvalue weighted by atomic mass is 32.2. The number of hydrogen-bond acceptors (Lipinski definition) is 7. The van der Waals surface area contributed by atoms with Crippen LogP contribution in [0.3, 0.4) is 0 Å². The highest BCUT2D eigenvalue weighted by Crippen LogP contribution is 2.42. The summed E-state index contributed by atoms with van der Waals surface area (Å²) in [5.74, 6) is 1.47. The first-order valence-corrected chi connectivity index (χ1v) is 11.1. The fourth-order valence-electron chi connectivity index (χ4n) is 3.57. The third kappa shape index (κ3) is 5.71. The van der Waals surface area contributed by atoms with Crippen LogP contribution in [0, 0.1) is 11.5 Å². The largest absolute Gasteiger partial charge is 0.337 e. The Hall–Kier alpha value is -2.63. The molecule has 0 aliphatic carbocycles. The molecule has 0 fully saturated rings. The molecule has 0 bridgehead atoms. The van der Waals surface area contributed by atoms with Gasteiger partial charge in [-0.3, -0.25) is 15.2 Å². The average Bonchev–Trinajstić information content (AvgIpc) is 2.71. The van der Waals surface area contributed by atoms with E-state index in [1.807, 2.05) is 6.19 Å². The smallest absolute Gasteiger partial charge is 0.182 e. The summed E-state index contributed by atoms with van der Waals surface area (Å²) in [7, 11) is 0. The van der Waals surface area contributed by atoms with Gasteiger partial charge in [0.2, 0.25) is 0 Å². The van der Waals surface area contributed by atoms with Crippen LogP contribution in [-0.2, 0) is 6.42 Å². The molecule has 8 heteroatoms. The first-order chi connectivity index (χ1) is 14.5. The van der Waals surface area contributed by atoms with Crippen molar-refractivity contribution in [3.63, 3.8) is 0 Å². The fraction of sp³-hybridized carbons (Fsp3) is 0.455. The minimum Gasteiger partial charge on any atom is -0.337 e. The average molecular weight is 424 g/mol. The van der Waals surface area contributed by atoms with E-state index in [9.17, 15) is 0 Å². The number of aliphatic imine (C=N–C) groups is 1. The van der Waals surface area contributed by atoms with Gasteiger partial charge in [0.25, 0.3) is 0 Å². The predicted octanol–water partition coefficient (Wildman–Crippen LogP) is 4.21. The van der Waals surface area contributed by atoms with Crippen LogP contribution in [0.2, 0.25) is 0 Å². The van der Waals surface area contributed by atoms with Gasteiger partial charge in [0.15, 0.2) is 12.0 Å². The van der Waals surface area contributed by atoms with Gasteiger partial charge in [-0.15, -0.1) is 0 Å². The number of nitrogens with zero attached hydrogens (tertiary/aromatic N) is 5. The molecule has 30 heavy (non-hydrogen) atoms. The number of nitrogens with one attached hydrogen (secondary N) is 2. The molecule has 0 radical (unpaired) electrons. The van der Waals surface area contributed by atoms with Gasteiger partial charge < -0.3 is 5.32 Å². The Morgan fingerprint density at radius 1 is 1.23 bits per heavy atom. The number of nitriles is 1. The SMILES string of the molecule is CC(C)N(CCCN=C(Cc1ccc2c(c1)Nc1nccnc1S2)NC#N)C(C)C. The lowest BCUT2D eigenvalue weighted by molar-refractivity contribution is 0.174. The quantitative estimate of drug-likeness (QED) is 0.184. The molecule has 3 rings (SSSR count). The van der Waals surface area contributed by atoms with Crippen LogP contribution in [0.4, 0.5) is 11.5 Å². The third-order valence-corrected chi connectivity index (χ3v) is 6.01. The molecule has 2 N–H and O–H groups in total. The van der Waals surface area contributed by atoms with Crippen molar-refractivity contribution in [2.45, 2.75) is 62.5 Å². The molecule has 0 saturated carbocycles. The zero-order valence-corrected chi connectivity index (χ0v) is 18.8. The van der Waals surface area contributed by atoms with E-state index < -0.39 is 0 Å². The molecule has 158 valence electrons. The lowest BCUT2D eigenvalue weighted by Crippen LogP contribution is -2.38. The third-order valence-electron chi connectivity index (χ3n) is 4.94. The number of benzene rings is 1. The monoisotopic (exact) mass is 423 g/mol. The second-order valence-electron chi connectivity index (χ2n) is 7.79. The van der Waals surface area contributed by atoms with Crippen molar-refractivity contribution < 1.29 is 0 Å². The maximum atomic E-state index is 9.13. The predicted molar refractivity (Wildman–Crippen MR) is 122 cm³/mol. The molecule has 1 aliphatic heterocycles. The van der Waals surface area contributed by atoms with E-state index in [2.05, 4.69) is 76.4 Å². The Kier molecular flexibility index (Phi) is 7.66. The van der Waals surface area contributed by atoms with Crippen LogP contribution < -0.4 is 10.6 Å². The van der Waals surface area contributed by atoms with E-state index in [-0.39, 0.29) is 0 Å². The van der Waals surface area contributed by atoms with Gasteiger partial charge in [0.1, 0.15) is 10.9 Å². The summed E-state index contributed by atoms with van der Waals surface area (Å²) in [5, 5.41) is 16.1. The van der Waals surface area contributed by atoms with Gasteiger partial charge >= 0.3 is 0 Å². The zero-order valence-electron chi connectivity index (χ0n) is 18.0. The van der Waals surface area contributed by atoms with Crippen molar-refractivity contribution >= 4 is 29.1 Å². The summed E-state index contributed by atoms with van der Waals surface area (Å²) in [6, 6.07) is 7.27. The molecule has 0 saturated heterocycles. The molecule has 1 aliphatic rings. The van der Waals surface area contributed by atoms with Crippen molar-refractivity contribution in [1.29, 1.82) is 5.26 Å². The molecular weight excluding hydrogens is 394 g/mol. The molecule has 1 aromatic heterocycles. The van der Waals surface area contributed by atoms with Crippen molar-refractivity contribution in [2.75, 3.05) is 18.4 Å². The fourth-order valence-corrected chi connectivity index (χ4v) is 4.45. The maximum Gasteiger partial charge on any atom is 0.182 e. The van der Waals surface area contributed by atoms with Crippen molar-refractivity contribution in [2.24, 2.45) is 4.99 Å². The van der Waals surface area contributed by atoms with Gasteiger partial charge in [-0.2, -0.15) is 5.26 Å². The minimum absolute atomic E-state index is 0.515. The van der Waals surface area contributed by atoms with Crippen LogP contribution in [0.15, 0.2) is 45.5 Å². The van der Waals surface area contributed by atoms with E-state index in [1.165, 1.54) is 0 Å². The van der Waals surface area contributed by atoms with Gasteiger partial charge in [-0.05, 0) is 51.8 Å². The van der Waals surface area contributed by atoms with Crippen LogP contribution >= 0.6 is 11.8 Å². The Labute approximate surface area is 183 Å². The van der Waals surface area contributed by atoms with E-state index in [4.69, 9.17) is 5.26 Å². The minimum atomic E-state index is 0.515. The van der Waals surface area contributed by atoms with Crippen molar-refractivity contribution in [1.82, 2.24) is 20.2 Å². The van der Waals surface area contributed by atoms with Crippen molar-refractivity contribution in [3.8, 4) is 6.19 Å². The topological polar surface area (TPSA) is 89.2 Å². The standard InChI is InChI=1S/C22H29N7S/c1-15(2)29(16(3)4)11-5-8-24-20(27-14-23)13-17-6-7-19-18(12-17)28-21-22(30-19)26-10-9-25-21/h6-7,9-10,12,15-16H,5,8,11,13H2,1-4H3,(H,24,27)(H,25,28). The van der Waals surface area contributed by atoms with Gasteiger partial charge in [-0.1, -0.05) is 17.8 Å². The zero-order chi connectivity index (χ0) is 21.5. The van der Waals surface area contributed by atoms with E-state index in [1.54, 1.807) is 24.2 Å². The summed E-state index contributed by atoms with van der Waals surface area (Å²) in [6.45, 7) is 10.6. The number of rotatable bonds is 8. The van der Waals surface area contributed by atoms with Gasteiger partial charge in [0, 0.05) is 48.9 Å². The van der Waals surface area contributed by atoms with Crippen LogP contribution in [0.5, 0.6) is 0 Å². The summed E-state index contributed by atoms with van der Waals surface area (Å²) in [4.78, 5) is 16.9. The number of amidine groups is 1. The molecule has 2 aromatic rings. The lowest BCUT2D eigenvalue weighted by Gasteiger charge is -2.30. The van der Waals surface area contributed by atoms with Crippen molar-refractivity contribution in [3.05, 3.63) is 36.2 Å². The van der Waals surface area contributed by atoms with Crippen LogP contribution in [0.1, 0.15) is 39.7 Å². The Morgan fingerprint density at radius 3 is 2.73 bits per heavy atom. The molecule has 0 unspecified atom stereocenters. The molecule has 0 amide bonds. The Bertz CT molecular complexity index is 925. The number of anilines is 2.